The first-order valence-corrected chi connectivity index (χ1v) is 10.7. The molecule has 4 rings (SSSR count). The molecule has 12 heteroatoms. The quantitative estimate of drug-likeness (QED) is 0.426. The molecule has 31 heavy (non-hydrogen) atoms. The zero-order valence-electron chi connectivity index (χ0n) is 16.3. The SMILES string of the molecule is COc1cc(Nc2ncc(-c3[nH]nc4c(F)c(F)ccc34)c(N)n2)cc(S(C)(=O)=O)c1. The molecule has 0 radical (unpaired) electrons. The number of hydrogen-bond donors (Lipinski definition) is 3. The van der Waals surface area contributed by atoms with Crippen LogP contribution in [-0.2, 0) is 9.84 Å². The molecule has 2 aromatic carbocycles. The second-order valence-electron chi connectivity index (χ2n) is 6.64. The minimum absolute atomic E-state index is 0.0408. The number of halogens is 2. The van der Waals surface area contributed by atoms with Crippen molar-refractivity contribution in [2.75, 3.05) is 24.4 Å². The summed E-state index contributed by atoms with van der Waals surface area (Å²) in [4.78, 5) is 8.40. The Labute approximate surface area is 175 Å². The number of nitrogens with one attached hydrogen (secondary N) is 2. The van der Waals surface area contributed by atoms with Crippen molar-refractivity contribution in [2.24, 2.45) is 0 Å². The first-order valence-electron chi connectivity index (χ1n) is 8.78. The summed E-state index contributed by atoms with van der Waals surface area (Å²) in [6.45, 7) is 0. The van der Waals surface area contributed by atoms with Crippen LogP contribution in [0, 0.1) is 11.6 Å². The molecule has 4 N–H and O–H groups in total. The van der Waals surface area contributed by atoms with E-state index < -0.39 is 21.5 Å². The zero-order valence-corrected chi connectivity index (χ0v) is 17.1. The summed E-state index contributed by atoms with van der Waals surface area (Å²) in [6, 6.07) is 6.74. The van der Waals surface area contributed by atoms with Crippen LogP contribution in [0.3, 0.4) is 0 Å². The lowest BCUT2D eigenvalue weighted by molar-refractivity contribution is 0.413. The second-order valence-corrected chi connectivity index (χ2v) is 8.66. The van der Waals surface area contributed by atoms with Gasteiger partial charge in [0, 0.05) is 29.6 Å². The smallest absolute Gasteiger partial charge is 0.229 e. The molecule has 0 amide bonds. The predicted octanol–water partition coefficient (Wildman–Crippen LogP) is 3.04. The van der Waals surface area contributed by atoms with E-state index in [9.17, 15) is 17.2 Å². The van der Waals surface area contributed by atoms with Crippen LogP contribution in [0.4, 0.5) is 26.2 Å². The summed E-state index contributed by atoms with van der Waals surface area (Å²) in [5, 5.41) is 9.62. The molecule has 0 saturated carbocycles. The molecule has 2 aromatic heterocycles. The lowest BCUT2D eigenvalue weighted by atomic mass is 10.1. The van der Waals surface area contributed by atoms with Gasteiger partial charge in [-0.25, -0.2) is 22.2 Å². The van der Waals surface area contributed by atoms with Crippen molar-refractivity contribution in [3.05, 3.63) is 48.2 Å². The Bertz CT molecular complexity index is 1420. The van der Waals surface area contributed by atoms with E-state index in [1.54, 1.807) is 6.07 Å². The highest BCUT2D eigenvalue weighted by Gasteiger charge is 2.18. The van der Waals surface area contributed by atoms with Crippen molar-refractivity contribution in [2.45, 2.75) is 4.90 Å². The second kappa shape index (κ2) is 7.47. The number of hydrogen-bond acceptors (Lipinski definition) is 8. The molecular formula is C19H16F2N6O3S. The molecule has 160 valence electrons. The van der Waals surface area contributed by atoms with Crippen molar-refractivity contribution in [3.8, 4) is 17.0 Å². The summed E-state index contributed by atoms with van der Waals surface area (Å²) in [7, 11) is -2.06. The molecule has 4 aromatic rings. The first-order chi connectivity index (χ1) is 14.7. The minimum atomic E-state index is -3.48. The number of benzene rings is 2. The summed E-state index contributed by atoms with van der Waals surface area (Å²) >= 11 is 0. The topological polar surface area (TPSA) is 136 Å². The Morgan fingerprint density at radius 3 is 2.65 bits per heavy atom. The third-order valence-electron chi connectivity index (χ3n) is 4.51. The molecule has 2 heterocycles. The highest BCUT2D eigenvalue weighted by atomic mass is 32.2. The van der Waals surface area contributed by atoms with Gasteiger partial charge >= 0.3 is 0 Å². The average molecular weight is 446 g/mol. The van der Waals surface area contributed by atoms with Gasteiger partial charge in [0.1, 0.15) is 17.1 Å². The van der Waals surface area contributed by atoms with Crippen LogP contribution in [0.5, 0.6) is 5.75 Å². The molecule has 0 unspecified atom stereocenters. The Morgan fingerprint density at radius 1 is 1.19 bits per heavy atom. The van der Waals surface area contributed by atoms with Crippen molar-refractivity contribution in [1.29, 1.82) is 0 Å². The number of nitrogens with zero attached hydrogens (tertiary/aromatic N) is 3. The van der Waals surface area contributed by atoms with Gasteiger partial charge in [0.05, 0.1) is 23.3 Å². The van der Waals surface area contributed by atoms with Crippen LogP contribution in [0.1, 0.15) is 0 Å². The number of aromatic amines is 1. The van der Waals surface area contributed by atoms with E-state index in [0.717, 1.165) is 12.3 Å². The number of H-pyrrole nitrogens is 1. The Kier molecular flexibility index (Phi) is 4.93. The van der Waals surface area contributed by atoms with Crippen molar-refractivity contribution in [3.63, 3.8) is 0 Å². The maximum Gasteiger partial charge on any atom is 0.229 e. The van der Waals surface area contributed by atoms with Gasteiger partial charge in [0.2, 0.25) is 5.95 Å². The van der Waals surface area contributed by atoms with Crippen LogP contribution in [-0.4, -0.2) is 41.9 Å². The minimum Gasteiger partial charge on any atom is -0.497 e. The number of anilines is 3. The normalized spacial score (nSPS) is 11.6. The van der Waals surface area contributed by atoms with E-state index >= 15 is 0 Å². The molecule has 9 nitrogen and oxygen atoms in total. The van der Waals surface area contributed by atoms with Crippen molar-refractivity contribution in [1.82, 2.24) is 20.2 Å². The lowest BCUT2D eigenvalue weighted by Gasteiger charge is -2.11. The maximum atomic E-state index is 13.9. The number of sulfone groups is 1. The van der Waals surface area contributed by atoms with Gasteiger partial charge in [0.25, 0.3) is 0 Å². The first kappa shape index (κ1) is 20.5. The number of fused-ring (bicyclic) bond motifs is 1. The fourth-order valence-electron chi connectivity index (χ4n) is 2.98. The van der Waals surface area contributed by atoms with Gasteiger partial charge in [-0.2, -0.15) is 10.1 Å². The van der Waals surface area contributed by atoms with E-state index in [1.807, 2.05) is 0 Å². The number of ether oxygens (including phenoxy) is 1. The van der Waals surface area contributed by atoms with Crippen molar-refractivity contribution >= 4 is 38.2 Å². The summed E-state index contributed by atoms with van der Waals surface area (Å²) in [5.74, 6) is -1.62. The van der Waals surface area contributed by atoms with E-state index in [-0.39, 0.29) is 22.2 Å². The Balaban J connectivity index is 1.70. The maximum absolute atomic E-state index is 13.9. The molecule has 0 saturated heterocycles. The molecular weight excluding hydrogens is 430 g/mol. The monoisotopic (exact) mass is 446 g/mol. The molecule has 0 fully saturated rings. The summed E-state index contributed by atoms with van der Waals surface area (Å²) in [5.41, 5.74) is 6.93. The molecule has 0 aliphatic rings. The number of nitrogens with two attached hydrogens (primary N) is 1. The molecule has 0 aliphatic carbocycles. The van der Waals surface area contributed by atoms with E-state index in [4.69, 9.17) is 10.5 Å². The fourth-order valence-corrected chi connectivity index (χ4v) is 3.65. The lowest BCUT2D eigenvalue weighted by Crippen LogP contribution is -2.04. The van der Waals surface area contributed by atoms with Gasteiger partial charge in [-0.1, -0.05) is 0 Å². The van der Waals surface area contributed by atoms with E-state index in [0.29, 0.717) is 28.1 Å². The predicted molar refractivity (Wildman–Crippen MR) is 111 cm³/mol. The number of nitrogen functional groups attached to an aromatic ring is 1. The zero-order chi connectivity index (χ0) is 22.3. The van der Waals surface area contributed by atoms with E-state index in [1.165, 1.54) is 31.5 Å². The van der Waals surface area contributed by atoms with Gasteiger partial charge in [-0.15, -0.1) is 0 Å². The van der Waals surface area contributed by atoms with Crippen LogP contribution in [0.15, 0.2) is 41.4 Å². The van der Waals surface area contributed by atoms with Crippen LogP contribution < -0.4 is 15.8 Å². The van der Waals surface area contributed by atoms with Gasteiger partial charge in [-0.05, 0) is 24.3 Å². The highest BCUT2D eigenvalue weighted by molar-refractivity contribution is 7.90. The summed E-state index contributed by atoms with van der Waals surface area (Å²) < 4.78 is 56.3. The molecule has 0 bridgehead atoms. The van der Waals surface area contributed by atoms with Crippen LogP contribution in [0.25, 0.3) is 22.2 Å². The third-order valence-corrected chi connectivity index (χ3v) is 5.60. The third kappa shape index (κ3) is 3.84. The molecule has 0 atom stereocenters. The fraction of sp³-hybridized carbons (Fsp3) is 0.105. The van der Waals surface area contributed by atoms with Gasteiger partial charge < -0.3 is 15.8 Å². The number of aromatic nitrogens is 4. The summed E-state index contributed by atoms with van der Waals surface area (Å²) in [6.07, 6.45) is 2.47. The average Bonchev–Trinajstić information content (AvgIpc) is 3.14. The standard InChI is InChI=1S/C19H16F2N6O3S/c1-30-10-5-9(6-11(7-10)31(2,28)29)24-19-23-8-13(18(22)25-19)16-12-3-4-14(20)15(21)17(12)27-26-16/h3-8H,1-2H3,(H,26,27)(H3,22,23,24,25). The van der Waals surface area contributed by atoms with E-state index in [2.05, 4.69) is 25.5 Å². The molecule has 0 aliphatic heterocycles. The van der Waals surface area contributed by atoms with Crippen molar-refractivity contribution < 1.29 is 21.9 Å². The number of rotatable bonds is 5. The Morgan fingerprint density at radius 2 is 1.97 bits per heavy atom. The highest BCUT2D eigenvalue weighted by Crippen LogP contribution is 2.32. The Hall–Kier alpha value is -3.80. The largest absolute Gasteiger partial charge is 0.497 e. The van der Waals surface area contributed by atoms with Gasteiger partial charge in [-0.3, -0.25) is 5.10 Å². The number of methoxy groups -OCH3 is 1. The van der Waals surface area contributed by atoms with Crippen LogP contribution in [0.2, 0.25) is 0 Å². The van der Waals surface area contributed by atoms with Gasteiger partial charge in [0.15, 0.2) is 21.5 Å². The molecule has 0 spiro atoms. The van der Waals surface area contributed by atoms with Crippen LogP contribution >= 0.6 is 0 Å².